The minimum atomic E-state index is -0.436. The Hall–Kier alpha value is -2.62. The lowest BCUT2D eigenvalue weighted by molar-refractivity contribution is -0.384. The molecule has 114 valence electrons. The summed E-state index contributed by atoms with van der Waals surface area (Å²) in [5.41, 5.74) is 2.18. The first-order valence-corrected chi connectivity index (χ1v) is 7.66. The Morgan fingerprint density at radius 2 is 2.04 bits per heavy atom. The second kappa shape index (κ2) is 6.65. The zero-order valence-corrected chi connectivity index (χ0v) is 13.8. The van der Waals surface area contributed by atoms with Gasteiger partial charge in [0.25, 0.3) is 5.69 Å². The van der Waals surface area contributed by atoms with Crippen LogP contribution in [0.3, 0.4) is 0 Å². The third-order valence-electron chi connectivity index (χ3n) is 3.02. The van der Waals surface area contributed by atoms with E-state index in [9.17, 15) is 10.1 Å². The first-order valence-electron chi connectivity index (χ1n) is 6.58. The van der Waals surface area contributed by atoms with Crippen LogP contribution >= 0.6 is 22.6 Å². The molecule has 2 heterocycles. The molecule has 7 nitrogen and oxygen atoms in total. The lowest BCUT2D eigenvalue weighted by Crippen LogP contribution is -2.00. The van der Waals surface area contributed by atoms with Crippen LogP contribution in [0.1, 0.15) is 0 Å². The molecule has 0 atom stereocenters. The van der Waals surface area contributed by atoms with Crippen molar-refractivity contribution in [2.24, 2.45) is 0 Å². The number of pyridine rings is 1. The monoisotopic (exact) mass is 419 g/mol. The highest BCUT2D eigenvalue weighted by molar-refractivity contribution is 14.1. The Morgan fingerprint density at radius 3 is 2.78 bits per heavy atom. The number of halogens is 1. The van der Waals surface area contributed by atoms with E-state index >= 15 is 0 Å². The number of nitrogens with zero attached hydrogens (tertiary/aromatic N) is 4. The van der Waals surface area contributed by atoms with Crippen LogP contribution in [0.5, 0.6) is 0 Å². The minimum absolute atomic E-state index is 0.0105. The molecule has 1 aromatic carbocycles. The second-order valence-corrected chi connectivity index (χ2v) is 5.72. The Balaban J connectivity index is 1.92. The fraction of sp³-hybridized carbons (Fsp3) is 0. The number of nitro groups is 1. The van der Waals surface area contributed by atoms with Crippen molar-refractivity contribution in [3.63, 3.8) is 0 Å². The summed E-state index contributed by atoms with van der Waals surface area (Å²) in [6.45, 7) is 0. The van der Waals surface area contributed by atoms with E-state index in [4.69, 9.17) is 0 Å². The SMILES string of the molecule is O=[N+]([O-])c1ccc(I)c(Nc2nccc(-c3cccnc3)n2)c1. The molecule has 0 aliphatic heterocycles. The summed E-state index contributed by atoms with van der Waals surface area (Å²) in [5, 5.41) is 13.9. The van der Waals surface area contributed by atoms with Gasteiger partial charge in [-0.05, 0) is 46.9 Å². The topological polar surface area (TPSA) is 93.8 Å². The molecule has 23 heavy (non-hydrogen) atoms. The average molecular weight is 419 g/mol. The molecule has 1 N–H and O–H groups in total. The van der Waals surface area contributed by atoms with Crippen molar-refractivity contribution in [1.82, 2.24) is 15.0 Å². The molecule has 0 amide bonds. The third kappa shape index (κ3) is 3.59. The van der Waals surface area contributed by atoms with Gasteiger partial charge in [-0.15, -0.1) is 0 Å². The molecule has 0 aliphatic rings. The fourth-order valence-corrected chi connectivity index (χ4v) is 2.41. The number of rotatable bonds is 4. The van der Waals surface area contributed by atoms with Gasteiger partial charge in [0, 0.05) is 39.9 Å². The van der Waals surface area contributed by atoms with Gasteiger partial charge >= 0.3 is 0 Å². The lowest BCUT2D eigenvalue weighted by Gasteiger charge is -2.08. The number of nitrogens with one attached hydrogen (secondary N) is 1. The van der Waals surface area contributed by atoms with Gasteiger partial charge in [0.2, 0.25) is 5.95 Å². The Kier molecular flexibility index (Phi) is 4.42. The van der Waals surface area contributed by atoms with Gasteiger partial charge < -0.3 is 5.32 Å². The highest BCUT2D eigenvalue weighted by atomic mass is 127. The summed E-state index contributed by atoms with van der Waals surface area (Å²) in [7, 11) is 0. The number of non-ortho nitro benzene ring substituents is 1. The van der Waals surface area contributed by atoms with Crippen LogP contribution in [-0.4, -0.2) is 19.9 Å². The van der Waals surface area contributed by atoms with Gasteiger partial charge in [0.1, 0.15) is 0 Å². The molecule has 3 aromatic rings. The van der Waals surface area contributed by atoms with Crippen LogP contribution in [0.2, 0.25) is 0 Å². The van der Waals surface area contributed by atoms with Crippen LogP contribution in [0.25, 0.3) is 11.3 Å². The van der Waals surface area contributed by atoms with Gasteiger partial charge in [-0.25, -0.2) is 9.97 Å². The van der Waals surface area contributed by atoms with Crippen LogP contribution in [0.15, 0.2) is 55.0 Å². The van der Waals surface area contributed by atoms with E-state index in [2.05, 4.69) is 42.9 Å². The lowest BCUT2D eigenvalue weighted by atomic mass is 10.2. The van der Waals surface area contributed by atoms with Crippen LogP contribution in [0, 0.1) is 13.7 Å². The third-order valence-corrected chi connectivity index (χ3v) is 3.96. The van der Waals surface area contributed by atoms with Crippen molar-refractivity contribution >= 4 is 39.9 Å². The van der Waals surface area contributed by atoms with Crippen molar-refractivity contribution in [1.29, 1.82) is 0 Å². The van der Waals surface area contributed by atoms with Gasteiger partial charge in [0.15, 0.2) is 0 Å². The smallest absolute Gasteiger partial charge is 0.271 e. The molecule has 0 bridgehead atoms. The summed E-state index contributed by atoms with van der Waals surface area (Å²) in [6.07, 6.45) is 5.03. The molecular formula is C15H10IN5O2. The predicted octanol–water partition coefficient (Wildman–Crippen LogP) is 3.80. The quantitative estimate of drug-likeness (QED) is 0.393. The first-order chi connectivity index (χ1) is 11.1. The van der Waals surface area contributed by atoms with Crippen molar-refractivity contribution in [3.8, 4) is 11.3 Å². The Bertz CT molecular complexity index is 857. The van der Waals surface area contributed by atoms with Crippen LogP contribution in [-0.2, 0) is 0 Å². The number of benzene rings is 1. The van der Waals surface area contributed by atoms with Gasteiger partial charge in [-0.1, -0.05) is 0 Å². The van der Waals surface area contributed by atoms with Crippen molar-refractivity contribution in [3.05, 3.63) is 68.7 Å². The van der Waals surface area contributed by atoms with Gasteiger partial charge in [-0.3, -0.25) is 15.1 Å². The molecule has 8 heteroatoms. The molecule has 0 radical (unpaired) electrons. The summed E-state index contributed by atoms with van der Waals surface area (Å²) in [6, 6.07) is 10.1. The van der Waals surface area contributed by atoms with E-state index in [1.54, 1.807) is 30.7 Å². The van der Waals surface area contributed by atoms with E-state index in [-0.39, 0.29) is 5.69 Å². The second-order valence-electron chi connectivity index (χ2n) is 4.55. The first kappa shape index (κ1) is 15.3. The maximum Gasteiger partial charge on any atom is 0.271 e. The van der Waals surface area contributed by atoms with E-state index < -0.39 is 4.92 Å². The standard InChI is InChI=1S/C15H10IN5O2/c16-12-4-3-11(21(22)23)8-14(12)20-15-18-7-5-13(19-15)10-2-1-6-17-9-10/h1-9H,(H,18,19,20). The van der Waals surface area contributed by atoms with E-state index in [1.807, 2.05) is 12.1 Å². The molecule has 3 rings (SSSR count). The zero-order chi connectivity index (χ0) is 16.2. The summed E-state index contributed by atoms with van der Waals surface area (Å²) in [5.74, 6) is 0.366. The minimum Gasteiger partial charge on any atom is -0.323 e. The molecule has 0 saturated carbocycles. The largest absolute Gasteiger partial charge is 0.323 e. The molecular weight excluding hydrogens is 409 g/mol. The molecule has 2 aromatic heterocycles. The average Bonchev–Trinajstić information content (AvgIpc) is 2.58. The highest BCUT2D eigenvalue weighted by Crippen LogP contribution is 2.26. The zero-order valence-electron chi connectivity index (χ0n) is 11.7. The fourth-order valence-electron chi connectivity index (χ4n) is 1.94. The van der Waals surface area contributed by atoms with Crippen molar-refractivity contribution < 1.29 is 4.92 Å². The van der Waals surface area contributed by atoms with Gasteiger partial charge in [-0.2, -0.15) is 0 Å². The maximum atomic E-state index is 10.9. The van der Waals surface area contributed by atoms with E-state index in [1.165, 1.54) is 12.1 Å². The number of hydrogen-bond acceptors (Lipinski definition) is 6. The van der Waals surface area contributed by atoms with Crippen molar-refractivity contribution in [2.75, 3.05) is 5.32 Å². The summed E-state index contributed by atoms with van der Waals surface area (Å²) in [4.78, 5) is 23.1. The molecule has 0 unspecified atom stereocenters. The molecule has 0 saturated heterocycles. The molecule has 0 fully saturated rings. The predicted molar refractivity (Wildman–Crippen MR) is 94.4 cm³/mol. The van der Waals surface area contributed by atoms with Crippen molar-refractivity contribution in [2.45, 2.75) is 0 Å². The number of hydrogen-bond donors (Lipinski definition) is 1. The van der Waals surface area contributed by atoms with E-state index in [0.717, 1.165) is 14.8 Å². The normalized spacial score (nSPS) is 10.3. The molecule has 0 spiro atoms. The van der Waals surface area contributed by atoms with Crippen LogP contribution < -0.4 is 5.32 Å². The summed E-state index contributed by atoms with van der Waals surface area (Å²) < 4.78 is 0.837. The highest BCUT2D eigenvalue weighted by Gasteiger charge is 2.11. The van der Waals surface area contributed by atoms with Crippen LogP contribution in [0.4, 0.5) is 17.3 Å². The van der Waals surface area contributed by atoms with E-state index in [0.29, 0.717) is 11.6 Å². The Morgan fingerprint density at radius 1 is 1.17 bits per heavy atom. The Labute approximate surface area is 145 Å². The number of aromatic nitrogens is 3. The maximum absolute atomic E-state index is 10.9. The number of nitro benzene ring substituents is 1. The molecule has 0 aliphatic carbocycles. The summed E-state index contributed by atoms with van der Waals surface area (Å²) >= 11 is 2.10. The van der Waals surface area contributed by atoms with Gasteiger partial charge in [0.05, 0.1) is 16.3 Å². The number of anilines is 2.